The van der Waals surface area contributed by atoms with E-state index in [-0.39, 0.29) is 36.5 Å². The predicted octanol–water partition coefficient (Wildman–Crippen LogP) is 6.35. The minimum atomic E-state index is -0.499. The molecule has 0 bridgehead atoms. The maximum Gasteiger partial charge on any atom is 0.247 e. The Morgan fingerprint density at radius 1 is 0.608 bits per heavy atom. The third-order valence-corrected chi connectivity index (χ3v) is 9.50. The lowest BCUT2D eigenvalue weighted by atomic mass is 10.1. The summed E-state index contributed by atoms with van der Waals surface area (Å²) >= 11 is 0. The molecule has 0 aliphatic carbocycles. The number of hydrogen-bond acceptors (Lipinski definition) is 6. The molecule has 10 heteroatoms. The first-order valence-electron chi connectivity index (χ1n) is 17.4. The monoisotopic (exact) mass is 681 g/mol. The van der Waals surface area contributed by atoms with Gasteiger partial charge in [-0.3, -0.25) is 19.2 Å². The van der Waals surface area contributed by atoms with Gasteiger partial charge in [0.25, 0.3) is 0 Å². The second-order valence-corrected chi connectivity index (χ2v) is 13.0. The van der Waals surface area contributed by atoms with Crippen molar-refractivity contribution in [3.05, 3.63) is 127 Å². The van der Waals surface area contributed by atoms with E-state index in [9.17, 15) is 19.2 Å². The van der Waals surface area contributed by atoms with Crippen molar-refractivity contribution in [2.75, 3.05) is 23.7 Å². The molecular formula is C41H39N5O5. The average Bonchev–Trinajstić information content (AvgIpc) is 3.95. The van der Waals surface area contributed by atoms with Crippen LogP contribution < -0.4 is 10.6 Å². The third-order valence-electron chi connectivity index (χ3n) is 9.50. The summed E-state index contributed by atoms with van der Waals surface area (Å²) in [5.41, 5.74) is 5.31. The highest BCUT2D eigenvalue weighted by atomic mass is 16.3. The highest BCUT2D eigenvalue weighted by Gasteiger charge is 2.35. The highest BCUT2D eigenvalue weighted by Crippen LogP contribution is 2.28. The molecule has 2 saturated heterocycles. The molecule has 7 rings (SSSR count). The van der Waals surface area contributed by atoms with Crippen LogP contribution in [0.25, 0.3) is 22.7 Å². The number of nitrogens with one attached hydrogen (secondary N) is 2. The Morgan fingerprint density at radius 2 is 1.06 bits per heavy atom. The van der Waals surface area contributed by atoms with Crippen molar-refractivity contribution in [3.8, 4) is 22.7 Å². The molecule has 5 aromatic rings. The quantitative estimate of drug-likeness (QED) is 0.177. The fraction of sp³-hybridized carbons (Fsp3) is 0.244. The summed E-state index contributed by atoms with van der Waals surface area (Å²) in [6.07, 6.45) is 4.98. The molecule has 4 aromatic carbocycles. The normalized spacial score (nSPS) is 16.9. The molecule has 10 nitrogen and oxygen atoms in total. The summed E-state index contributed by atoms with van der Waals surface area (Å²) < 4.78 is 5.79. The van der Waals surface area contributed by atoms with Gasteiger partial charge in [-0.1, -0.05) is 72.8 Å². The van der Waals surface area contributed by atoms with Gasteiger partial charge in [0.05, 0.1) is 12.8 Å². The lowest BCUT2D eigenvalue weighted by molar-refractivity contribution is -0.136. The van der Waals surface area contributed by atoms with Crippen LogP contribution in [0.5, 0.6) is 0 Å². The zero-order chi connectivity index (χ0) is 35.2. The average molecular weight is 682 g/mol. The van der Waals surface area contributed by atoms with Crippen molar-refractivity contribution >= 4 is 35.0 Å². The van der Waals surface area contributed by atoms with Crippen LogP contribution in [0.3, 0.4) is 0 Å². The molecule has 1 aromatic heterocycles. The molecule has 2 aliphatic rings. The predicted molar refractivity (Wildman–Crippen MR) is 194 cm³/mol. The molecule has 2 atom stereocenters. The topological polar surface area (TPSA) is 125 Å². The Hall–Kier alpha value is -6.03. The fourth-order valence-electron chi connectivity index (χ4n) is 6.83. The molecule has 0 unspecified atom stereocenters. The van der Waals surface area contributed by atoms with E-state index in [1.807, 2.05) is 97.1 Å². The Kier molecular flexibility index (Phi) is 10.0. The summed E-state index contributed by atoms with van der Waals surface area (Å²) in [5, 5.41) is 5.93. The van der Waals surface area contributed by atoms with Crippen LogP contribution >= 0.6 is 0 Å². The molecule has 0 radical (unpaired) electrons. The SMILES string of the molecule is O=C(Nc1ccc(-c2coc(-c3ccc(NC(=O)[C@@H]4CCCN4C(=O)Cc4ccccc4)cc3)n2)cc1)[C@@H]1CCCN1C(=O)Cc1ccccc1. The number of carbonyl (C=O) groups is 4. The Morgan fingerprint density at radius 3 is 1.53 bits per heavy atom. The van der Waals surface area contributed by atoms with Gasteiger partial charge in [-0.05, 0) is 73.2 Å². The van der Waals surface area contributed by atoms with E-state index in [1.54, 1.807) is 28.2 Å². The molecule has 258 valence electrons. The van der Waals surface area contributed by atoms with Crippen molar-refractivity contribution in [1.29, 1.82) is 0 Å². The lowest BCUT2D eigenvalue weighted by Gasteiger charge is -2.24. The zero-order valence-electron chi connectivity index (χ0n) is 28.2. The number of amides is 4. The van der Waals surface area contributed by atoms with Crippen molar-refractivity contribution in [2.45, 2.75) is 50.6 Å². The summed E-state index contributed by atoms with van der Waals surface area (Å²) in [5.74, 6) is -0.0515. The van der Waals surface area contributed by atoms with Crippen LogP contribution in [0.4, 0.5) is 11.4 Å². The van der Waals surface area contributed by atoms with E-state index in [0.29, 0.717) is 48.9 Å². The molecule has 3 heterocycles. The van der Waals surface area contributed by atoms with Crippen molar-refractivity contribution < 1.29 is 23.6 Å². The van der Waals surface area contributed by atoms with Crippen LogP contribution in [-0.4, -0.2) is 63.6 Å². The van der Waals surface area contributed by atoms with E-state index < -0.39 is 12.1 Å². The maximum absolute atomic E-state index is 13.2. The van der Waals surface area contributed by atoms with Gasteiger partial charge in [-0.15, -0.1) is 0 Å². The van der Waals surface area contributed by atoms with E-state index in [4.69, 9.17) is 4.42 Å². The van der Waals surface area contributed by atoms with Gasteiger partial charge in [-0.2, -0.15) is 0 Å². The number of hydrogen-bond donors (Lipinski definition) is 2. The number of rotatable bonds is 10. The minimum absolute atomic E-state index is 0.0429. The number of anilines is 2. The second kappa shape index (κ2) is 15.2. The third kappa shape index (κ3) is 7.91. The number of carbonyl (C=O) groups excluding carboxylic acids is 4. The van der Waals surface area contributed by atoms with Crippen LogP contribution in [-0.2, 0) is 32.0 Å². The molecule has 51 heavy (non-hydrogen) atoms. The molecule has 0 spiro atoms. The van der Waals surface area contributed by atoms with Crippen molar-refractivity contribution in [1.82, 2.24) is 14.8 Å². The Bertz CT molecular complexity index is 1850. The van der Waals surface area contributed by atoms with Crippen molar-refractivity contribution in [3.63, 3.8) is 0 Å². The number of nitrogens with zero attached hydrogens (tertiary/aromatic N) is 3. The minimum Gasteiger partial charge on any atom is -0.444 e. The summed E-state index contributed by atoms with van der Waals surface area (Å²) in [6.45, 7) is 1.15. The second-order valence-electron chi connectivity index (χ2n) is 13.0. The number of benzene rings is 4. The van der Waals surface area contributed by atoms with Gasteiger partial charge in [-0.25, -0.2) is 4.98 Å². The number of aromatic nitrogens is 1. The van der Waals surface area contributed by atoms with Gasteiger partial charge in [0.2, 0.25) is 29.5 Å². The Labute approximate surface area is 296 Å². The Balaban J connectivity index is 0.927. The van der Waals surface area contributed by atoms with Gasteiger partial charge in [0, 0.05) is 35.6 Å². The zero-order valence-corrected chi connectivity index (χ0v) is 28.2. The van der Waals surface area contributed by atoms with Crippen LogP contribution in [0.2, 0.25) is 0 Å². The van der Waals surface area contributed by atoms with E-state index in [2.05, 4.69) is 15.6 Å². The first-order chi connectivity index (χ1) is 24.9. The molecule has 2 fully saturated rings. The van der Waals surface area contributed by atoms with E-state index in [1.165, 1.54) is 0 Å². The molecule has 2 N–H and O–H groups in total. The van der Waals surface area contributed by atoms with Crippen LogP contribution in [0, 0.1) is 0 Å². The van der Waals surface area contributed by atoms with Gasteiger partial charge < -0.3 is 24.9 Å². The maximum atomic E-state index is 13.2. The summed E-state index contributed by atoms with van der Waals surface area (Å²) in [4.78, 5) is 60.3. The fourth-order valence-corrected chi connectivity index (χ4v) is 6.83. The molecule has 4 amide bonds. The van der Waals surface area contributed by atoms with Gasteiger partial charge >= 0.3 is 0 Å². The van der Waals surface area contributed by atoms with Crippen molar-refractivity contribution in [2.24, 2.45) is 0 Å². The molecular weight excluding hydrogens is 642 g/mol. The molecule has 0 saturated carbocycles. The first kappa shape index (κ1) is 33.5. The van der Waals surface area contributed by atoms with E-state index >= 15 is 0 Å². The molecule has 2 aliphatic heterocycles. The standard InChI is InChI=1S/C41H39N5O5/c47-37(25-28-9-3-1-4-10-28)45-23-7-13-35(45)39(49)42-32-19-15-30(16-20-32)34-27-51-41(44-34)31-17-21-33(22-18-31)43-40(50)36-14-8-24-46(36)38(48)26-29-11-5-2-6-12-29/h1-6,9-12,15-22,27,35-36H,7-8,13-14,23-26H2,(H,42,49)(H,43,50)/t35-,36-/m0/s1. The van der Waals surface area contributed by atoms with Gasteiger partial charge in [0.1, 0.15) is 24.0 Å². The number of oxazole rings is 1. The number of likely N-dealkylation sites (tertiary alicyclic amines) is 2. The highest BCUT2D eigenvalue weighted by molar-refractivity contribution is 5.99. The summed E-state index contributed by atoms with van der Waals surface area (Å²) in [6, 6.07) is 32.7. The van der Waals surface area contributed by atoms with Crippen LogP contribution in [0.1, 0.15) is 36.8 Å². The van der Waals surface area contributed by atoms with Gasteiger partial charge in [0.15, 0.2) is 0 Å². The summed E-state index contributed by atoms with van der Waals surface area (Å²) in [7, 11) is 0. The van der Waals surface area contributed by atoms with E-state index in [0.717, 1.165) is 35.1 Å². The lowest BCUT2D eigenvalue weighted by Crippen LogP contribution is -2.43. The smallest absolute Gasteiger partial charge is 0.247 e. The largest absolute Gasteiger partial charge is 0.444 e. The van der Waals surface area contributed by atoms with Crippen LogP contribution in [0.15, 0.2) is 120 Å². The first-order valence-corrected chi connectivity index (χ1v) is 17.4.